The number of carbonyl (C=O) groups excluding carboxylic acids is 1. The summed E-state index contributed by atoms with van der Waals surface area (Å²) in [6.45, 7) is 9.21. The van der Waals surface area contributed by atoms with Gasteiger partial charge in [0.15, 0.2) is 0 Å². The number of rotatable bonds is 5. The Bertz CT molecular complexity index is 424. The van der Waals surface area contributed by atoms with Crippen LogP contribution in [0.1, 0.15) is 40.5 Å². The van der Waals surface area contributed by atoms with E-state index in [-0.39, 0.29) is 17.9 Å². The van der Waals surface area contributed by atoms with Crippen molar-refractivity contribution in [3.8, 4) is 0 Å². The SMILES string of the molecule is CC(C)C(NC(=O)[C@H]1CCCN(S(C)(=O)=O)C1)C(C)C. The molecule has 5 nitrogen and oxygen atoms in total. The van der Waals surface area contributed by atoms with E-state index in [9.17, 15) is 13.2 Å². The molecule has 1 N–H and O–H groups in total. The smallest absolute Gasteiger partial charge is 0.224 e. The summed E-state index contributed by atoms with van der Waals surface area (Å²) in [7, 11) is -3.20. The predicted molar refractivity (Wildman–Crippen MR) is 80.7 cm³/mol. The van der Waals surface area contributed by atoms with Gasteiger partial charge in [-0.1, -0.05) is 27.7 Å². The van der Waals surface area contributed by atoms with Crippen LogP contribution in [-0.2, 0) is 14.8 Å². The molecule has 0 aromatic heterocycles. The molecular formula is C14H28N2O3S. The molecule has 1 aliphatic rings. The highest BCUT2D eigenvalue weighted by Crippen LogP contribution is 2.20. The minimum absolute atomic E-state index is 0.00856. The average molecular weight is 304 g/mol. The van der Waals surface area contributed by atoms with Crippen molar-refractivity contribution in [2.75, 3.05) is 19.3 Å². The molecule has 0 radical (unpaired) electrons. The first kappa shape index (κ1) is 17.4. The van der Waals surface area contributed by atoms with E-state index in [4.69, 9.17) is 0 Å². The number of hydrogen-bond acceptors (Lipinski definition) is 3. The van der Waals surface area contributed by atoms with Gasteiger partial charge in [-0.05, 0) is 24.7 Å². The van der Waals surface area contributed by atoms with E-state index in [2.05, 4.69) is 33.0 Å². The third-order valence-corrected chi connectivity index (χ3v) is 5.24. The zero-order valence-corrected chi connectivity index (χ0v) is 14.0. The monoisotopic (exact) mass is 304 g/mol. The number of piperidine rings is 1. The number of amides is 1. The third kappa shape index (κ3) is 4.74. The summed E-state index contributed by atoms with van der Waals surface area (Å²) < 4.78 is 24.6. The molecule has 0 bridgehead atoms. The van der Waals surface area contributed by atoms with Crippen LogP contribution in [0.3, 0.4) is 0 Å². The Morgan fingerprint density at radius 2 is 1.75 bits per heavy atom. The van der Waals surface area contributed by atoms with E-state index in [1.165, 1.54) is 10.6 Å². The molecule has 0 aromatic rings. The minimum atomic E-state index is -3.20. The van der Waals surface area contributed by atoms with Crippen molar-refractivity contribution in [2.24, 2.45) is 17.8 Å². The van der Waals surface area contributed by atoms with E-state index in [1.54, 1.807) is 0 Å². The maximum absolute atomic E-state index is 12.4. The van der Waals surface area contributed by atoms with E-state index < -0.39 is 10.0 Å². The lowest BCUT2D eigenvalue weighted by Crippen LogP contribution is -2.49. The van der Waals surface area contributed by atoms with E-state index >= 15 is 0 Å². The molecule has 0 unspecified atom stereocenters. The van der Waals surface area contributed by atoms with Gasteiger partial charge in [-0.15, -0.1) is 0 Å². The first-order valence-corrected chi connectivity index (χ1v) is 9.23. The molecule has 1 amide bonds. The molecule has 118 valence electrons. The molecule has 1 rings (SSSR count). The van der Waals surface area contributed by atoms with Gasteiger partial charge in [-0.2, -0.15) is 0 Å². The van der Waals surface area contributed by atoms with Gasteiger partial charge in [0.1, 0.15) is 0 Å². The van der Waals surface area contributed by atoms with Gasteiger partial charge < -0.3 is 5.32 Å². The lowest BCUT2D eigenvalue weighted by molar-refractivity contribution is -0.127. The molecule has 1 atom stereocenters. The molecular weight excluding hydrogens is 276 g/mol. The second kappa shape index (κ2) is 6.89. The van der Waals surface area contributed by atoms with Crippen LogP contribution in [0.25, 0.3) is 0 Å². The summed E-state index contributed by atoms with van der Waals surface area (Å²) in [5.41, 5.74) is 0. The van der Waals surface area contributed by atoms with Crippen LogP contribution in [0, 0.1) is 17.8 Å². The molecule has 0 aliphatic carbocycles. The van der Waals surface area contributed by atoms with Crippen molar-refractivity contribution in [3.63, 3.8) is 0 Å². The summed E-state index contributed by atoms with van der Waals surface area (Å²) in [6.07, 6.45) is 2.72. The van der Waals surface area contributed by atoms with Gasteiger partial charge in [-0.3, -0.25) is 4.79 Å². The van der Waals surface area contributed by atoms with Gasteiger partial charge in [-0.25, -0.2) is 12.7 Å². The lowest BCUT2D eigenvalue weighted by Gasteiger charge is -2.33. The van der Waals surface area contributed by atoms with Crippen molar-refractivity contribution in [3.05, 3.63) is 0 Å². The number of nitrogens with one attached hydrogen (secondary N) is 1. The van der Waals surface area contributed by atoms with E-state index in [0.29, 0.717) is 24.9 Å². The van der Waals surface area contributed by atoms with Crippen molar-refractivity contribution in [1.82, 2.24) is 9.62 Å². The van der Waals surface area contributed by atoms with Crippen molar-refractivity contribution in [2.45, 2.75) is 46.6 Å². The van der Waals surface area contributed by atoms with Gasteiger partial charge in [0.05, 0.1) is 12.2 Å². The number of nitrogens with zero attached hydrogens (tertiary/aromatic N) is 1. The summed E-state index contributed by atoms with van der Waals surface area (Å²) in [4.78, 5) is 12.4. The Balaban J connectivity index is 2.67. The number of carbonyl (C=O) groups is 1. The summed E-state index contributed by atoms with van der Waals surface area (Å²) >= 11 is 0. The fraction of sp³-hybridized carbons (Fsp3) is 0.929. The van der Waals surface area contributed by atoms with Gasteiger partial charge in [0, 0.05) is 19.1 Å². The predicted octanol–water partition coefficient (Wildman–Crippen LogP) is 1.45. The molecule has 20 heavy (non-hydrogen) atoms. The highest BCUT2D eigenvalue weighted by atomic mass is 32.2. The first-order valence-electron chi connectivity index (χ1n) is 7.38. The molecule has 1 aliphatic heterocycles. The van der Waals surface area contributed by atoms with Crippen LogP contribution >= 0.6 is 0 Å². The highest BCUT2D eigenvalue weighted by molar-refractivity contribution is 7.88. The maximum atomic E-state index is 12.4. The van der Waals surface area contributed by atoms with E-state index in [0.717, 1.165) is 12.8 Å². The largest absolute Gasteiger partial charge is 0.353 e. The van der Waals surface area contributed by atoms with Gasteiger partial charge >= 0.3 is 0 Å². The molecule has 0 aromatic carbocycles. The molecule has 1 saturated heterocycles. The Morgan fingerprint density at radius 1 is 1.20 bits per heavy atom. The highest BCUT2D eigenvalue weighted by Gasteiger charge is 2.31. The van der Waals surface area contributed by atoms with Crippen LogP contribution in [-0.4, -0.2) is 44.0 Å². The van der Waals surface area contributed by atoms with Crippen molar-refractivity contribution in [1.29, 1.82) is 0 Å². The average Bonchev–Trinajstić information content (AvgIpc) is 2.34. The standard InChI is InChI=1S/C14H28N2O3S/c1-10(2)13(11(3)4)15-14(17)12-7-6-8-16(9-12)20(5,18)19/h10-13H,6-9H2,1-5H3,(H,15,17)/t12-/m0/s1. The second-order valence-corrected chi connectivity index (χ2v) is 8.47. The minimum Gasteiger partial charge on any atom is -0.353 e. The normalized spacial score (nSPS) is 21.7. The summed E-state index contributed by atoms with van der Waals surface area (Å²) in [5.74, 6) is 0.506. The van der Waals surface area contributed by atoms with Gasteiger partial charge in [0.25, 0.3) is 0 Å². The second-order valence-electron chi connectivity index (χ2n) is 6.48. The van der Waals surface area contributed by atoms with Crippen LogP contribution in [0.15, 0.2) is 0 Å². The molecule has 0 spiro atoms. The zero-order chi connectivity index (χ0) is 15.5. The topological polar surface area (TPSA) is 66.5 Å². The Labute approximate surface area is 123 Å². The summed E-state index contributed by atoms with van der Waals surface area (Å²) in [6, 6.07) is 0.135. The van der Waals surface area contributed by atoms with E-state index in [1.807, 2.05) is 0 Å². The van der Waals surface area contributed by atoms with Gasteiger partial charge in [0.2, 0.25) is 15.9 Å². The Morgan fingerprint density at radius 3 is 2.20 bits per heavy atom. The lowest BCUT2D eigenvalue weighted by atomic mass is 9.91. The Kier molecular flexibility index (Phi) is 6.01. The van der Waals surface area contributed by atoms with Crippen LogP contribution in [0.2, 0.25) is 0 Å². The first-order chi connectivity index (χ1) is 9.12. The number of hydrogen-bond donors (Lipinski definition) is 1. The maximum Gasteiger partial charge on any atom is 0.224 e. The zero-order valence-electron chi connectivity index (χ0n) is 13.2. The fourth-order valence-corrected chi connectivity index (χ4v) is 3.75. The van der Waals surface area contributed by atoms with Crippen molar-refractivity contribution < 1.29 is 13.2 Å². The number of sulfonamides is 1. The molecule has 1 heterocycles. The molecule has 1 fully saturated rings. The Hall–Kier alpha value is -0.620. The van der Waals surface area contributed by atoms with Crippen LogP contribution < -0.4 is 5.32 Å². The quantitative estimate of drug-likeness (QED) is 0.836. The van der Waals surface area contributed by atoms with Crippen LogP contribution in [0.5, 0.6) is 0 Å². The van der Waals surface area contributed by atoms with Crippen molar-refractivity contribution >= 4 is 15.9 Å². The van der Waals surface area contributed by atoms with Crippen LogP contribution in [0.4, 0.5) is 0 Å². The fourth-order valence-electron chi connectivity index (χ4n) is 2.84. The molecule has 0 saturated carbocycles. The third-order valence-electron chi connectivity index (χ3n) is 3.97. The molecule has 6 heteroatoms. The summed E-state index contributed by atoms with van der Waals surface area (Å²) in [5, 5.41) is 3.10.